The van der Waals surface area contributed by atoms with Crippen LogP contribution in [0.4, 0.5) is 0 Å². The third kappa shape index (κ3) is 9.05. The normalized spacial score (nSPS) is 14.9. The second-order valence-corrected chi connectivity index (χ2v) is 3.75. The van der Waals surface area contributed by atoms with E-state index in [1.54, 1.807) is 6.92 Å². The molecule has 1 heterocycles. The van der Waals surface area contributed by atoms with Gasteiger partial charge in [-0.05, 0) is 19.3 Å². The van der Waals surface area contributed by atoms with Gasteiger partial charge in [-0.3, -0.25) is 4.79 Å². The van der Waals surface area contributed by atoms with E-state index < -0.39 is 0 Å². The summed E-state index contributed by atoms with van der Waals surface area (Å²) >= 11 is 0. The van der Waals surface area contributed by atoms with Crippen molar-refractivity contribution in [2.45, 2.75) is 40.0 Å². The van der Waals surface area contributed by atoms with Crippen LogP contribution >= 0.6 is 0 Å². The average molecular weight is 185 g/mol. The van der Waals surface area contributed by atoms with Crippen LogP contribution in [-0.4, -0.2) is 18.2 Å². The second kappa shape index (κ2) is 6.63. The van der Waals surface area contributed by atoms with E-state index >= 15 is 0 Å². The number of rotatable bonds is 2. The average Bonchev–Trinajstić information content (AvgIpc) is 2.37. The number of carbonyl (C=O) groups is 2. The van der Waals surface area contributed by atoms with Gasteiger partial charge in [0.15, 0.2) is 0 Å². The number of Topliss-reactive ketones (excluding diaryl/α,β-unsaturated/α-hetero) is 1. The van der Waals surface area contributed by atoms with Crippen molar-refractivity contribution in [3.8, 4) is 0 Å². The first-order valence-electron chi connectivity index (χ1n) is 4.78. The highest BCUT2D eigenvalue weighted by Crippen LogP contribution is 1.97. The molecule has 1 fully saturated rings. The quantitative estimate of drug-likeness (QED) is 0.709. The van der Waals surface area contributed by atoms with Gasteiger partial charge in [-0.1, -0.05) is 13.8 Å². The van der Waals surface area contributed by atoms with E-state index in [4.69, 9.17) is 0 Å². The largest absolute Gasteiger partial charge is 0.356 e. The van der Waals surface area contributed by atoms with Gasteiger partial charge in [0.05, 0.1) is 0 Å². The third-order valence-corrected chi connectivity index (χ3v) is 1.60. The summed E-state index contributed by atoms with van der Waals surface area (Å²) in [7, 11) is 0. The summed E-state index contributed by atoms with van der Waals surface area (Å²) in [6.07, 6.45) is 2.48. The van der Waals surface area contributed by atoms with E-state index in [1.807, 2.05) is 13.8 Å². The summed E-state index contributed by atoms with van der Waals surface area (Å²) in [4.78, 5) is 20.4. The highest BCUT2D eigenvalue weighted by Gasteiger charge is 2.05. The first-order chi connectivity index (χ1) is 6.02. The molecule has 0 aromatic rings. The third-order valence-electron chi connectivity index (χ3n) is 1.60. The number of carbonyl (C=O) groups excluding carboxylic acids is 2. The summed E-state index contributed by atoms with van der Waals surface area (Å²) in [6, 6.07) is 0. The fourth-order valence-electron chi connectivity index (χ4n) is 1.14. The van der Waals surface area contributed by atoms with E-state index in [-0.39, 0.29) is 11.7 Å². The number of ketones is 1. The Kier molecular flexibility index (Phi) is 6.20. The maximum absolute atomic E-state index is 10.3. The number of hydrogen-bond acceptors (Lipinski definition) is 2. The minimum atomic E-state index is 0.204. The molecule has 0 bridgehead atoms. The van der Waals surface area contributed by atoms with Crippen molar-refractivity contribution in [1.29, 1.82) is 0 Å². The summed E-state index contributed by atoms with van der Waals surface area (Å²) in [5.41, 5.74) is 0. The number of hydrogen-bond donors (Lipinski definition) is 1. The molecule has 0 atom stereocenters. The smallest absolute Gasteiger partial charge is 0.220 e. The number of amides is 1. The summed E-state index contributed by atoms with van der Waals surface area (Å²) in [5.74, 6) is 1.02. The molecule has 0 aromatic carbocycles. The van der Waals surface area contributed by atoms with E-state index in [9.17, 15) is 9.59 Å². The molecule has 0 radical (unpaired) electrons. The highest BCUT2D eigenvalue weighted by atomic mass is 16.1. The summed E-state index contributed by atoms with van der Waals surface area (Å²) in [6.45, 7) is 6.60. The molecule has 0 aromatic heterocycles. The van der Waals surface area contributed by atoms with E-state index in [0.717, 1.165) is 25.8 Å². The van der Waals surface area contributed by atoms with Crippen molar-refractivity contribution in [2.24, 2.45) is 5.92 Å². The molecule has 0 saturated carbocycles. The van der Waals surface area contributed by atoms with E-state index in [0.29, 0.717) is 5.92 Å². The lowest BCUT2D eigenvalue weighted by atomic mass is 10.1. The van der Waals surface area contributed by atoms with Gasteiger partial charge in [-0.15, -0.1) is 0 Å². The van der Waals surface area contributed by atoms with Gasteiger partial charge >= 0.3 is 0 Å². The topological polar surface area (TPSA) is 46.2 Å². The van der Waals surface area contributed by atoms with Gasteiger partial charge < -0.3 is 10.1 Å². The summed E-state index contributed by atoms with van der Waals surface area (Å²) in [5, 5.41) is 2.68. The molecule has 3 nitrogen and oxygen atoms in total. The fraction of sp³-hybridized carbons (Fsp3) is 0.800. The SMILES string of the molecule is CC(=O)CC(C)C.O=C1CCCN1. The zero-order valence-electron chi connectivity index (χ0n) is 8.72. The Balaban J connectivity index is 0.000000223. The van der Waals surface area contributed by atoms with Gasteiger partial charge in [0.25, 0.3) is 0 Å². The second-order valence-electron chi connectivity index (χ2n) is 3.75. The van der Waals surface area contributed by atoms with Gasteiger partial charge in [0.1, 0.15) is 5.78 Å². The van der Waals surface area contributed by atoms with Gasteiger partial charge in [0, 0.05) is 19.4 Å². The molecule has 76 valence electrons. The maximum atomic E-state index is 10.3. The molecule has 0 aliphatic carbocycles. The van der Waals surface area contributed by atoms with Crippen molar-refractivity contribution >= 4 is 11.7 Å². The predicted octanol–water partition coefficient (Wildman–Crippen LogP) is 1.52. The van der Waals surface area contributed by atoms with Crippen molar-refractivity contribution in [3.63, 3.8) is 0 Å². The van der Waals surface area contributed by atoms with Crippen LogP contribution in [0.3, 0.4) is 0 Å². The maximum Gasteiger partial charge on any atom is 0.220 e. The van der Waals surface area contributed by atoms with Crippen molar-refractivity contribution < 1.29 is 9.59 Å². The highest BCUT2D eigenvalue weighted by molar-refractivity contribution is 5.77. The first-order valence-corrected chi connectivity index (χ1v) is 4.78. The van der Waals surface area contributed by atoms with Gasteiger partial charge in [0.2, 0.25) is 5.91 Å². The molecular weight excluding hydrogens is 166 g/mol. The Hall–Kier alpha value is -0.860. The molecule has 0 spiro atoms. The van der Waals surface area contributed by atoms with E-state index in [2.05, 4.69) is 5.32 Å². The van der Waals surface area contributed by atoms with Gasteiger partial charge in [-0.2, -0.15) is 0 Å². The molecule has 1 aliphatic rings. The lowest BCUT2D eigenvalue weighted by Gasteiger charge is -1.95. The van der Waals surface area contributed by atoms with Crippen molar-refractivity contribution in [1.82, 2.24) is 5.32 Å². The molecule has 13 heavy (non-hydrogen) atoms. The Morgan fingerprint density at radius 3 is 2.23 bits per heavy atom. The van der Waals surface area contributed by atoms with Crippen molar-refractivity contribution in [2.75, 3.05) is 6.54 Å². The van der Waals surface area contributed by atoms with E-state index in [1.165, 1.54) is 0 Å². The predicted molar refractivity (Wildman–Crippen MR) is 52.4 cm³/mol. The standard InChI is InChI=1S/C6H12O.C4H7NO/c1-5(2)4-6(3)7;6-4-2-1-3-5-4/h5H,4H2,1-3H3;1-3H2,(H,5,6). The van der Waals surface area contributed by atoms with Crippen LogP contribution < -0.4 is 5.32 Å². The minimum absolute atomic E-state index is 0.204. The Labute approximate surface area is 79.9 Å². The van der Waals surface area contributed by atoms with Gasteiger partial charge in [-0.25, -0.2) is 0 Å². The summed E-state index contributed by atoms with van der Waals surface area (Å²) < 4.78 is 0. The van der Waals surface area contributed by atoms with Crippen LogP contribution in [0.15, 0.2) is 0 Å². The molecule has 1 rings (SSSR count). The molecule has 1 N–H and O–H groups in total. The molecule has 1 amide bonds. The van der Waals surface area contributed by atoms with Crippen LogP contribution in [0.1, 0.15) is 40.0 Å². The first kappa shape index (κ1) is 12.1. The van der Waals surface area contributed by atoms with Crippen molar-refractivity contribution in [3.05, 3.63) is 0 Å². The van der Waals surface area contributed by atoms with Crippen LogP contribution in [0.5, 0.6) is 0 Å². The Bertz CT molecular complexity index is 168. The molecule has 1 aliphatic heterocycles. The Morgan fingerprint density at radius 2 is 2.15 bits per heavy atom. The monoisotopic (exact) mass is 185 g/mol. The zero-order chi connectivity index (χ0) is 10.3. The molecule has 1 saturated heterocycles. The molecule has 0 unspecified atom stereocenters. The fourth-order valence-corrected chi connectivity index (χ4v) is 1.14. The van der Waals surface area contributed by atoms with Crippen LogP contribution in [0.25, 0.3) is 0 Å². The number of nitrogens with one attached hydrogen (secondary N) is 1. The zero-order valence-corrected chi connectivity index (χ0v) is 8.72. The minimum Gasteiger partial charge on any atom is -0.356 e. The molecular formula is C10H19NO2. The van der Waals surface area contributed by atoms with Crippen LogP contribution in [0, 0.1) is 5.92 Å². The Morgan fingerprint density at radius 1 is 1.54 bits per heavy atom. The van der Waals surface area contributed by atoms with Crippen LogP contribution in [-0.2, 0) is 9.59 Å². The lowest BCUT2D eigenvalue weighted by Crippen LogP contribution is -2.12. The van der Waals surface area contributed by atoms with Crippen LogP contribution in [0.2, 0.25) is 0 Å². The molecule has 3 heteroatoms. The lowest BCUT2D eigenvalue weighted by molar-refractivity contribution is -0.119.